The molecule has 8 heteroatoms. The van der Waals surface area contributed by atoms with Gasteiger partial charge in [0, 0.05) is 30.4 Å². The second-order valence-electron chi connectivity index (χ2n) is 5.54. The molecule has 0 saturated carbocycles. The van der Waals surface area contributed by atoms with Crippen molar-refractivity contribution in [2.24, 2.45) is 0 Å². The fraction of sp³-hybridized carbons (Fsp3) is 0.312. The molecule has 1 fully saturated rings. The largest absolute Gasteiger partial charge is 0.495 e. The van der Waals surface area contributed by atoms with Gasteiger partial charge >= 0.3 is 0 Å². The molecule has 1 aromatic carbocycles. The molecule has 1 atom stereocenters. The second kappa shape index (κ2) is 6.96. The van der Waals surface area contributed by atoms with E-state index < -0.39 is 10.0 Å². The Kier molecular flexibility index (Phi) is 4.93. The van der Waals surface area contributed by atoms with Crippen LogP contribution in [0.4, 0.5) is 5.82 Å². The molecule has 0 radical (unpaired) electrons. The normalized spacial score (nSPS) is 17.9. The van der Waals surface area contributed by atoms with E-state index in [1.807, 2.05) is 18.2 Å². The van der Waals surface area contributed by atoms with Gasteiger partial charge in [-0.05, 0) is 36.8 Å². The van der Waals surface area contributed by atoms with Crippen LogP contribution in [-0.4, -0.2) is 39.6 Å². The Bertz CT molecular complexity index is 815. The number of hydrogen-bond acceptors (Lipinski definition) is 5. The smallest absolute Gasteiger partial charge is 0.244 e. The molecule has 1 aliphatic rings. The Morgan fingerprint density at radius 1 is 1.33 bits per heavy atom. The molecule has 24 heavy (non-hydrogen) atoms. The van der Waals surface area contributed by atoms with Crippen molar-refractivity contribution in [3.05, 3.63) is 47.6 Å². The first-order valence-corrected chi connectivity index (χ1v) is 9.37. The molecule has 2 aromatic rings. The number of rotatable bonds is 5. The third kappa shape index (κ3) is 3.63. The van der Waals surface area contributed by atoms with Crippen molar-refractivity contribution in [2.75, 3.05) is 25.1 Å². The summed E-state index contributed by atoms with van der Waals surface area (Å²) in [5.74, 6) is 1.12. The van der Waals surface area contributed by atoms with E-state index >= 15 is 0 Å². The Morgan fingerprint density at radius 2 is 2.17 bits per heavy atom. The van der Waals surface area contributed by atoms with Crippen LogP contribution < -0.4 is 14.4 Å². The third-order valence-electron chi connectivity index (χ3n) is 3.90. The number of ether oxygens (including phenoxy) is 1. The zero-order valence-corrected chi connectivity index (χ0v) is 14.7. The maximum Gasteiger partial charge on any atom is 0.244 e. The van der Waals surface area contributed by atoms with Crippen molar-refractivity contribution in [1.29, 1.82) is 0 Å². The van der Waals surface area contributed by atoms with Gasteiger partial charge in [0.25, 0.3) is 0 Å². The summed E-state index contributed by atoms with van der Waals surface area (Å²) in [7, 11) is -2.29. The van der Waals surface area contributed by atoms with Crippen molar-refractivity contribution in [3.8, 4) is 5.75 Å². The number of sulfonamides is 1. The molecule has 0 bridgehead atoms. The van der Waals surface area contributed by atoms with Gasteiger partial charge in [-0.1, -0.05) is 17.7 Å². The lowest BCUT2D eigenvalue weighted by molar-refractivity contribution is 0.402. The highest BCUT2D eigenvalue weighted by molar-refractivity contribution is 7.89. The number of benzene rings is 1. The first-order chi connectivity index (χ1) is 11.5. The number of methoxy groups -OCH3 is 1. The van der Waals surface area contributed by atoms with E-state index in [-0.39, 0.29) is 16.7 Å². The summed E-state index contributed by atoms with van der Waals surface area (Å²) >= 11 is 5.94. The lowest BCUT2D eigenvalue weighted by atomic mass is 10.3. The zero-order valence-electron chi connectivity index (χ0n) is 13.1. The van der Waals surface area contributed by atoms with Gasteiger partial charge in [-0.25, -0.2) is 18.1 Å². The van der Waals surface area contributed by atoms with E-state index in [2.05, 4.69) is 14.6 Å². The van der Waals surface area contributed by atoms with Crippen LogP contribution in [0.25, 0.3) is 0 Å². The number of anilines is 1. The van der Waals surface area contributed by atoms with Crippen molar-refractivity contribution in [2.45, 2.75) is 17.4 Å². The number of nitrogens with zero attached hydrogens (tertiary/aromatic N) is 2. The minimum atomic E-state index is -3.72. The molecule has 1 aromatic heterocycles. The highest BCUT2D eigenvalue weighted by atomic mass is 35.5. The Labute approximate surface area is 146 Å². The van der Waals surface area contributed by atoms with Crippen LogP contribution in [0.15, 0.2) is 47.5 Å². The van der Waals surface area contributed by atoms with E-state index in [4.69, 9.17) is 16.3 Å². The molecule has 2 heterocycles. The number of halogens is 1. The third-order valence-corrected chi connectivity index (χ3v) is 5.68. The van der Waals surface area contributed by atoms with Crippen LogP contribution in [0, 0.1) is 0 Å². The quantitative estimate of drug-likeness (QED) is 0.878. The van der Waals surface area contributed by atoms with Gasteiger partial charge < -0.3 is 9.64 Å². The summed E-state index contributed by atoms with van der Waals surface area (Å²) in [6.45, 7) is 1.32. The minimum absolute atomic E-state index is 0.0498. The molecule has 128 valence electrons. The summed E-state index contributed by atoms with van der Waals surface area (Å²) in [4.78, 5) is 6.41. The Balaban J connectivity index is 1.75. The van der Waals surface area contributed by atoms with Crippen LogP contribution in [0.3, 0.4) is 0 Å². The molecular weight excluding hydrogens is 350 g/mol. The van der Waals surface area contributed by atoms with Crippen LogP contribution in [0.2, 0.25) is 5.02 Å². The average Bonchev–Trinajstić information content (AvgIpc) is 3.03. The predicted molar refractivity (Wildman–Crippen MR) is 93.2 cm³/mol. The predicted octanol–water partition coefficient (Wildman–Crippen LogP) is 2.30. The van der Waals surface area contributed by atoms with E-state index in [9.17, 15) is 8.42 Å². The number of hydrogen-bond donors (Lipinski definition) is 1. The summed E-state index contributed by atoms with van der Waals surface area (Å²) < 4.78 is 33.2. The van der Waals surface area contributed by atoms with Gasteiger partial charge in [-0.2, -0.15) is 0 Å². The second-order valence-corrected chi connectivity index (χ2v) is 7.65. The van der Waals surface area contributed by atoms with E-state index in [1.54, 1.807) is 18.3 Å². The van der Waals surface area contributed by atoms with E-state index in [0.29, 0.717) is 18.0 Å². The molecular formula is C16H18ClN3O3S. The van der Waals surface area contributed by atoms with Crippen molar-refractivity contribution >= 4 is 27.4 Å². The molecule has 0 amide bonds. The topological polar surface area (TPSA) is 71.5 Å². The van der Waals surface area contributed by atoms with Crippen molar-refractivity contribution in [1.82, 2.24) is 9.71 Å². The summed E-state index contributed by atoms with van der Waals surface area (Å²) in [5, 5.41) is 0.345. The average molecular weight is 368 g/mol. The Hall–Kier alpha value is -1.83. The number of aromatic nitrogens is 1. The van der Waals surface area contributed by atoms with Crippen LogP contribution in [-0.2, 0) is 10.0 Å². The number of nitrogens with one attached hydrogen (secondary N) is 1. The first kappa shape index (κ1) is 17.0. The Morgan fingerprint density at radius 3 is 2.88 bits per heavy atom. The molecule has 1 saturated heterocycles. The summed E-state index contributed by atoms with van der Waals surface area (Å²) in [5.41, 5.74) is 0. The van der Waals surface area contributed by atoms with Gasteiger partial charge in [-0.15, -0.1) is 0 Å². The molecule has 3 rings (SSSR count). The molecule has 0 spiro atoms. The van der Waals surface area contributed by atoms with Crippen molar-refractivity contribution in [3.63, 3.8) is 0 Å². The monoisotopic (exact) mass is 367 g/mol. The fourth-order valence-corrected chi connectivity index (χ4v) is 4.44. The van der Waals surface area contributed by atoms with Crippen LogP contribution >= 0.6 is 11.6 Å². The van der Waals surface area contributed by atoms with E-state index in [0.717, 1.165) is 12.4 Å². The number of pyridine rings is 1. The van der Waals surface area contributed by atoms with Crippen LogP contribution in [0.5, 0.6) is 5.75 Å². The van der Waals surface area contributed by atoms with Gasteiger partial charge in [0.2, 0.25) is 10.0 Å². The highest BCUT2D eigenvalue weighted by Crippen LogP contribution is 2.28. The highest BCUT2D eigenvalue weighted by Gasteiger charge is 2.29. The fourth-order valence-electron chi connectivity index (χ4n) is 2.75. The molecule has 1 aliphatic heterocycles. The summed E-state index contributed by atoms with van der Waals surface area (Å²) in [6.07, 6.45) is 2.43. The standard InChI is InChI=1S/C16H18ClN3O3S/c1-23-14-6-5-12(17)10-15(14)24(21,22)19-13-7-9-20(11-13)16-4-2-3-8-18-16/h2-6,8,10,13,19H,7,9,11H2,1H3. The molecule has 0 aliphatic carbocycles. The zero-order chi connectivity index (χ0) is 17.2. The summed E-state index contributed by atoms with van der Waals surface area (Å²) in [6, 6.07) is 10.0. The van der Waals surface area contributed by atoms with Crippen molar-refractivity contribution < 1.29 is 13.2 Å². The molecule has 1 N–H and O–H groups in total. The maximum atomic E-state index is 12.7. The lowest BCUT2D eigenvalue weighted by Crippen LogP contribution is -2.37. The lowest BCUT2D eigenvalue weighted by Gasteiger charge is -2.18. The SMILES string of the molecule is COc1ccc(Cl)cc1S(=O)(=O)NC1CCN(c2ccccn2)C1. The minimum Gasteiger partial charge on any atom is -0.495 e. The van der Waals surface area contributed by atoms with Gasteiger partial charge in [-0.3, -0.25) is 0 Å². The molecule has 6 nitrogen and oxygen atoms in total. The van der Waals surface area contributed by atoms with E-state index in [1.165, 1.54) is 13.2 Å². The van der Waals surface area contributed by atoms with Crippen LogP contribution in [0.1, 0.15) is 6.42 Å². The molecule has 1 unspecified atom stereocenters. The van der Waals surface area contributed by atoms with Gasteiger partial charge in [0.15, 0.2) is 0 Å². The maximum absolute atomic E-state index is 12.7. The van der Waals surface area contributed by atoms with Gasteiger partial charge in [0.05, 0.1) is 7.11 Å². The van der Waals surface area contributed by atoms with Gasteiger partial charge in [0.1, 0.15) is 16.5 Å². The first-order valence-electron chi connectivity index (χ1n) is 7.51.